The Morgan fingerprint density at radius 2 is 2.00 bits per heavy atom. The predicted molar refractivity (Wildman–Crippen MR) is 84.8 cm³/mol. The summed E-state index contributed by atoms with van der Waals surface area (Å²) in [5, 5.41) is 0. The number of rotatable bonds is 3. The van der Waals surface area contributed by atoms with Crippen LogP contribution in [0.15, 0.2) is 35.1 Å². The lowest BCUT2D eigenvalue weighted by molar-refractivity contribution is 0.472. The van der Waals surface area contributed by atoms with Gasteiger partial charge in [0.1, 0.15) is 0 Å². The maximum absolute atomic E-state index is 6.29. The topological polar surface area (TPSA) is 43.8 Å². The number of aryl methyl sites for hydroxylation is 1. The number of hydrogen-bond donors (Lipinski definition) is 1. The standard InChI is InChI=1S/C16H20BrN3/c1-11(18)16(12-6-2-3-7-13(12)17)20-10-19-14-8-4-5-9-15(14)20/h2-3,6-7,10-11,16H,4-5,8-9,18H2,1H3. The molecule has 1 heterocycles. The van der Waals surface area contributed by atoms with E-state index in [-0.39, 0.29) is 12.1 Å². The number of hydrogen-bond acceptors (Lipinski definition) is 2. The molecule has 3 nitrogen and oxygen atoms in total. The third-order valence-electron chi connectivity index (χ3n) is 4.08. The van der Waals surface area contributed by atoms with Crippen molar-refractivity contribution in [3.05, 3.63) is 52.0 Å². The third-order valence-corrected chi connectivity index (χ3v) is 4.80. The van der Waals surface area contributed by atoms with Crippen molar-refractivity contribution in [1.29, 1.82) is 0 Å². The molecule has 3 rings (SSSR count). The number of aromatic nitrogens is 2. The smallest absolute Gasteiger partial charge is 0.0957 e. The summed E-state index contributed by atoms with van der Waals surface area (Å²) >= 11 is 3.66. The van der Waals surface area contributed by atoms with Crippen LogP contribution in [0.5, 0.6) is 0 Å². The Hall–Kier alpha value is -1.13. The van der Waals surface area contributed by atoms with E-state index in [0.29, 0.717) is 0 Å². The van der Waals surface area contributed by atoms with E-state index < -0.39 is 0 Å². The molecule has 0 saturated heterocycles. The van der Waals surface area contributed by atoms with Gasteiger partial charge in [-0.05, 0) is 44.2 Å². The monoisotopic (exact) mass is 333 g/mol. The highest BCUT2D eigenvalue weighted by Crippen LogP contribution is 2.32. The first-order chi connectivity index (χ1) is 9.68. The van der Waals surface area contributed by atoms with Crippen LogP contribution in [0.4, 0.5) is 0 Å². The third kappa shape index (κ3) is 2.42. The van der Waals surface area contributed by atoms with Gasteiger partial charge in [0.25, 0.3) is 0 Å². The first-order valence-electron chi connectivity index (χ1n) is 7.23. The van der Waals surface area contributed by atoms with Gasteiger partial charge >= 0.3 is 0 Å². The summed E-state index contributed by atoms with van der Waals surface area (Å²) in [7, 11) is 0. The fourth-order valence-electron chi connectivity index (χ4n) is 3.13. The lowest BCUT2D eigenvalue weighted by Gasteiger charge is -2.27. The Labute approximate surface area is 128 Å². The van der Waals surface area contributed by atoms with Crippen molar-refractivity contribution in [2.45, 2.75) is 44.7 Å². The molecule has 106 valence electrons. The number of benzene rings is 1. The van der Waals surface area contributed by atoms with Gasteiger partial charge in [0.05, 0.1) is 18.1 Å². The number of nitrogens with zero attached hydrogens (tertiary/aromatic N) is 2. The first-order valence-corrected chi connectivity index (χ1v) is 8.02. The first kappa shape index (κ1) is 13.8. The average Bonchev–Trinajstić information content (AvgIpc) is 2.85. The van der Waals surface area contributed by atoms with E-state index in [1.165, 1.54) is 29.8 Å². The van der Waals surface area contributed by atoms with Gasteiger partial charge in [0.15, 0.2) is 0 Å². The molecule has 2 unspecified atom stereocenters. The Morgan fingerprint density at radius 1 is 1.25 bits per heavy atom. The second kappa shape index (κ2) is 5.70. The molecule has 2 atom stereocenters. The normalized spacial score (nSPS) is 17.6. The zero-order valence-electron chi connectivity index (χ0n) is 11.7. The van der Waals surface area contributed by atoms with Gasteiger partial charge < -0.3 is 10.3 Å². The van der Waals surface area contributed by atoms with E-state index >= 15 is 0 Å². The van der Waals surface area contributed by atoms with Crippen molar-refractivity contribution < 1.29 is 0 Å². The van der Waals surface area contributed by atoms with Crippen LogP contribution in [-0.4, -0.2) is 15.6 Å². The lowest BCUT2D eigenvalue weighted by Crippen LogP contribution is -2.31. The second-order valence-electron chi connectivity index (χ2n) is 5.58. The van der Waals surface area contributed by atoms with E-state index in [1.807, 2.05) is 12.4 Å². The van der Waals surface area contributed by atoms with E-state index in [0.717, 1.165) is 17.3 Å². The molecular formula is C16H20BrN3. The van der Waals surface area contributed by atoms with Crippen molar-refractivity contribution in [2.75, 3.05) is 0 Å². The molecule has 0 saturated carbocycles. The Kier molecular flexibility index (Phi) is 3.94. The summed E-state index contributed by atoms with van der Waals surface area (Å²) in [4.78, 5) is 4.61. The summed E-state index contributed by atoms with van der Waals surface area (Å²) in [6, 6.07) is 8.50. The lowest BCUT2D eigenvalue weighted by atomic mass is 9.97. The fraction of sp³-hybridized carbons (Fsp3) is 0.438. The summed E-state index contributed by atoms with van der Waals surface area (Å²) in [5.74, 6) is 0. The molecule has 0 bridgehead atoms. The van der Waals surface area contributed by atoms with Gasteiger partial charge in [-0.1, -0.05) is 34.1 Å². The number of imidazole rings is 1. The molecule has 2 N–H and O–H groups in total. The van der Waals surface area contributed by atoms with Crippen molar-refractivity contribution >= 4 is 15.9 Å². The van der Waals surface area contributed by atoms with Crippen LogP contribution < -0.4 is 5.73 Å². The van der Waals surface area contributed by atoms with Crippen LogP contribution in [0.2, 0.25) is 0 Å². The molecule has 1 aliphatic carbocycles. The predicted octanol–water partition coefficient (Wildman–Crippen LogP) is 3.46. The highest BCUT2D eigenvalue weighted by molar-refractivity contribution is 9.10. The maximum atomic E-state index is 6.29. The molecule has 2 aromatic rings. The zero-order valence-corrected chi connectivity index (χ0v) is 13.3. The van der Waals surface area contributed by atoms with Crippen molar-refractivity contribution in [3.63, 3.8) is 0 Å². The second-order valence-corrected chi connectivity index (χ2v) is 6.43. The minimum atomic E-state index is 0.0360. The van der Waals surface area contributed by atoms with Gasteiger partial charge in [-0.25, -0.2) is 4.98 Å². The van der Waals surface area contributed by atoms with E-state index in [9.17, 15) is 0 Å². The van der Waals surface area contributed by atoms with Crippen LogP contribution in [0.3, 0.4) is 0 Å². The zero-order chi connectivity index (χ0) is 14.1. The molecule has 0 fully saturated rings. The van der Waals surface area contributed by atoms with Crippen LogP contribution >= 0.6 is 15.9 Å². The van der Waals surface area contributed by atoms with Crippen LogP contribution in [0.1, 0.15) is 42.8 Å². The Bertz CT molecular complexity index is 604. The summed E-state index contributed by atoms with van der Waals surface area (Å²) in [6.07, 6.45) is 6.69. The molecule has 0 aliphatic heterocycles. The fourth-order valence-corrected chi connectivity index (χ4v) is 3.65. The molecule has 0 amide bonds. The number of nitrogens with two attached hydrogens (primary N) is 1. The van der Waals surface area contributed by atoms with Gasteiger partial charge in [-0.3, -0.25) is 0 Å². The molecule has 1 aromatic carbocycles. The van der Waals surface area contributed by atoms with Gasteiger partial charge in [0, 0.05) is 16.2 Å². The van der Waals surface area contributed by atoms with Crippen molar-refractivity contribution in [1.82, 2.24) is 9.55 Å². The maximum Gasteiger partial charge on any atom is 0.0957 e. The van der Waals surface area contributed by atoms with Crippen molar-refractivity contribution in [2.24, 2.45) is 5.73 Å². The molecule has 0 spiro atoms. The highest BCUT2D eigenvalue weighted by Gasteiger charge is 2.25. The molecule has 20 heavy (non-hydrogen) atoms. The average molecular weight is 334 g/mol. The number of fused-ring (bicyclic) bond motifs is 1. The summed E-state index contributed by atoms with van der Waals surface area (Å²) in [5.41, 5.74) is 10.2. The summed E-state index contributed by atoms with van der Waals surface area (Å²) < 4.78 is 3.40. The summed E-state index contributed by atoms with van der Waals surface area (Å²) in [6.45, 7) is 2.07. The Balaban J connectivity index is 2.08. The Morgan fingerprint density at radius 3 is 2.75 bits per heavy atom. The minimum absolute atomic E-state index is 0.0360. The van der Waals surface area contributed by atoms with Crippen LogP contribution in [-0.2, 0) is 12.8 Å². The minimum Gasteiger partial charge on any atom is -0.326 e. The SMILES string of the molecule is CC(N)C(c1ccccc1Br)n1cnc2c1CCCC2. The van der Waals surface area contributed by atoms with E-state index in [4.69, 9.17) is 5.73 Å². The van der Waals surface area contributed by atoms with Gasteiger partial charge in [-0.15, -0.1) is 0 Å². The van der Waals surface area contributed by atoms with E-state index in [1.54, 1.807) is 0 Å². The molecule has 1 aliphatic rings. The molecule has 1 aromatic heterocycles. The van der Waals surface area contributed by atoms with Crippen LogP contribution in [0, 0.1) is 0 Å². The molecule has 0 radical (unpaired) electrons. The van der Waals surface area contributed by atoms with Gasteiger partial charge in [0.2, 0.25) is 0 Å². The largest absolute Gasteiger partial charge is 0.326 e. The van der Waals surface area contributed by atoms with Crippen molar-refractivity contribution in [3.8, 4) is 0 Å². The van der Waals surface area contributed by atoms with Gasteiger partial charge in [-0.2, -0.15) is 0 Å². The molecular weight excluding hydrogens is 314 g/mol. The quantitative estimate of drug-likeness (QED) is 0.934. The van der Waals surface area contributed by atoms with Crippen LogP contribution in [0.25, 0.3) is 0 Å². The van der Waals surface area contributed by atoms with E-state index in [2.05, 4.69) is 50.6 Å². The highest BCUT2D eigenvalue weighted by atomic mass is 79.9. The number of halogens is 1. The molecule has 4 heteroatoms.